The summed E-state index contributed by atoms with van der Waals surface area (Å²) in [4.78, 5) is 2.67. The minimum atomic E-state index is 0.736. The lowest BCUT2D eigenvalue weighted by Gasteiger charge is -2.29. The maximum atomic E-state index is 2.67. The van der Waals surface area contributed by atoms with Crippen molar-refractivity contribution in [2.75, 3.05) is 0 Å². The monoisotopic (exact) mass is 279 g/mol. The van der Waals surface area contributed by atoms with E-state index < -0.39 is 0 Å². The van der Waals surface area contributed by atoms with E-state index in [1.54, 1.807) is 0 Å². The SMILES string of the molecule is C[C@H]1CC[C@@H](N(Cc2ccccc2)Cc2ccccc2)C1. The van der Waals surface area contributed by atoms with Crippen LogP contribution in [0.25, 0.3) is 0 Å². The average Bonchev–Trinajstić information content (AvgIpc) is 2.95. The van der Waals surface area contributed by atoms with Crippen molar-refractivity contribution in [3.05, 3.63) is 71.8 Å². The van der Waals surface area contributed by atoms with E-state index in [1.165, 1.54) is 30.4 Å². The average molecular weight is 279 g/mol. The van der Waals surface area contributed by atoms with Crippen molar-refractivity contribution in [2.24, 2.45) is 5.92 Å². The van der Waals surface area contributed by atoms with Gasteiger partial charge in [0.2, 0.25) is 0 Å². The molecule has 1 fully saturated rings. The van der Waals surface area contributed by atoms with Gasteiger partial charge in [0.15, 0.2) is 0 Å². The Balaban J connectivity index is 1.74. The molecule has 0 amide bonds. The molecule has 110 valence electrons. The van der Waals surface area contributed by atoms with E-state index in [2.05, 4.69) is 72.5 Å². The van der Waals surface area contributed by atoms with Gasteiger partial charge in [0.1, 0.15) is 0 Å². The van der Waals surface area contributed by atoms with Gasteiger partial charge in [0.25, 0.3) is 0 Å². The highest BCUT2D eigenvalue weighted by Crippen LogP contribution is 2.30. The van der Waals surface area contributed by atoms with Crippen molar-refractivity contribution < 1.29 is 0 Å². The van der Waals surface area contributed by atoms with Gasteiger partial charge < -0.3 is 0 Å². The molecule has 0 spiro atoms. The fourth-order valence-electron chi connectivity index (χ4n) is 3.46. The molecule has 0 saturated heterocycles. The van der Waals surface area contributed by atoms with Crippen LogP contribution in [-0.4, -0.2) is 10.9 Å². The Morgan fingerprint density at radius 1 is 0.810 bits per heavy atom. The Labute approximate surface area is 128 Å². The molecule has 0 aromatic heterocycles. The van der Waals surface area contributed by atoms with Crippen molar-refractivity contribution in [1.82, 2.24) is 4.90 Å². The summed E-state index contributed by atoms with van der Waals surface area (Å²) >= 11 is 0. The van der Waals surface area contributed by atoms with Crippen LogP contribution in [-0.2, 0) is 13.1 Å². The van der Waals surface area contributed by atoms with Crippen LogP contribution >= 0.6 is 0 Å². The van der Waals surface area contributed by atoms with Gasteiger partial charge in [0.05, 0.1) is 0 Å². The van der Waals surface area contributed by atoms with Crippen molar-refractivity contribution in [3.8, 4) is 0 Å². The molecule has 1 aliphatic carbocycles. The van der Waals surface area contributed by atoms with Crippen molar-refractivity contribution in [1.29, 1.82) is 0 Å². The van der Waals surface area contributed by atoms with Gasteiger partial charge in [-0.2, -0.15) is 0 Å². The summed E-state index contributed by atoms with van der Waals surface area (Å²) in [7, 11) is 0. The van der Waals surface area contributed by atoms with Gasteiger partial charge >= 0.3 is 0 Å². The van der Waals surface area contributed by atoms with Gasteiger partial charge in [-0.3, -0.25) is 4.90 Å². The van der Waals surface area contributed by atoms with Crippen LogP contribution in [0.4, 0.5) is 0 Å². The Morgan fingerprint density at radius 2 is 1.33 bits per heavy atom. The highest BCUT2D eigenvalue weighted by Gasteiger charge is 2.26. The molecule has 3 rings (SSSR count). The lowest BCUT2D eigenvalue weighted by atomic mass is 10.1. The first kappa shape index (κ1) is 14.3. The third kappa shape index (κ3) is 3.95. The molecule has 0 aliphatic heterocycles. The highest BCUT2D eigenvalue weighted by molar-refractivity contribution is 5.17. The summed E-state index contributed by atoms with van der Waals surface area (Å²) in [5.41, 5.74) is 2.85. The topological polar surface area (TPSA) is 3.24 Å². The normalized spacial score (nSPS) is 21.8. The van der Waals surface area contributed by atoms with E-state index in [-0.39, 0.29) is 0 Å². The van der Waals surface area contributed by atoms with Crippen LogP contribution in [0.2, 0.25) is 0 Å². The summed E-state index contributed by atoms with van der Waals surface area (Å²) < 4.78 is 0. The molecule has 1 nitrogen and oxygen atoms in total. The molecule has 1 saturated carbocycles. The first-order valence-corrected chi connectivity index (χ1v) is 8.13. The van der Waals surface area contributed by atoms with Crippen LogP contribution in [0.15, 0.2) is 60.7 Å². The molecule has 2 aromatic rings. The summed E-state index contributed by atoms with van der Waals surface area (Å²) in [6.45, 7) is 4.52. The predicted octanol–water partition coefficient (Wildman–Crippen LogP) is 4.88. The van der Waals surface area contributed by atoms with Crippen LogP contribution in [0, 0.1) is 5.92 Å². The fourth-order valence-corrected chi connectivity index (χ4v) is 3.46. The maximum Gasteiger partial charge on any atom is 0.0240 e. The Kier molecular flexibility index (Phi) is 4.72. The first-order valence-electron chi connectivity index (χ1n) is 8.13. The second kappa shape index (κ2) is 6.91. The summed E-state index contributed by atoms with van der Waals surface area (Å²) in [5.74, 6) is 0.879. The Hall–Kier alpha value is -1.60. The van der Waals surface area contributed by atoms with E-state index in [0.717, 1.165) is 25.0 Å². The fraction of sp³-hybridized carbons (Fsp3) is 0.400. The quantitative estimate of drug-likeness (QED) is 0.754. The third-order valence-electron chi connectivity index (χ3n) is 4.64. The number of benzene rings is 2. The lowest BCUT2D eigenvalue weighted by Crippen LogP contribution is -2.32. The van der Waals surface area contributed by atoms with Crippen LogP contribution in [0.3, 0.4) is 0 Å². The smallest absolute Gasteiger partial charge is 0.0240 e. The Morgan fingerprint density at radius 3 is 1.76 bits per heavy atom. The molecule has 0 bridgehead atoms. The molecule has 2 atom stereocenters. The molecule has 1 aliphatic rings. The second-order valence-electron chi connectivity index (χ2n) is 6.45. The highest BCUT2D eigenvalue weighted by atomic mass is 15.2. The van der Waals surface area contributed by atoms with Gasteiger partial charge in [0, 0.05) is 19.1 Å². The largest absolute Gasteiger partial charge is 0.292 e. The minimum Gasteiger partial charge on any atom is -0.292 e. The molecule has 0 heterocycles. The third-order valence-corrected chi connectivity index (χ3v) is 4.64. The van der Waals surface area contributed by atoms with E-state index in [1.807, 2.05) is 0 Å². The van der Waals surface area contributed by atoms with Gasteiger partial charge in [-0.25, -0.2) is 0 Å². The number of nitrogens with zero attached hydrogens (tertiary/aromatic N) is 1. The second-order valence-corrected chi connectivity index (χ2v) is 6.45. The molecule has 0 radical (unpaired) electrons. The molecule has 0 N–H and O–H groups in total. The minimum absolute atomic E-state index is 0.736. The summed E-state index contributed by atoms with van der Waals surface area (Å²) in [6, 6.07) is 22.5. The standard InChI is InChI=1S/C20H25N/c1-17-12-13-20(14-17)21(15-18-8-4-2-5-9-18)16-19-10-6-3-7-11-19/h2-11,17,20H,12-16H2,1H3/t17-,20+/m0/s1. The zero-order valence-corrected chi connectivity index (χ0v) is 12.9. The van der Waals surface area contributed by atoms with E-state index in [9.17, 15) is 0 Å². The van der Waals surface area contributed by atoms with Crippen LogP contribution in [0.1, 0.15) is 37.3 Å². The predicted molar refractivity (Wildman–Crippen MR) is 88.9 cm³/mol. The van der Waals surface area contributed by atoms with Gasteiger partial charge in [-0.15, -0.1) is 0 Å². The number of rotatable bonds is 5. The van der Waals surface area contributed by atoms with Crippen molar-refractivity contribution in [2.45, 2.75) is 45.3 Å². The first-order chi connectivity index (χ1) is 10.3. The molecular formula is C20H25N. The van der Waals surface area contributed by atoms with Crippen LogP contribution < -0.4 is 0 Å². The Bertz CT molecular complexity index is 493. The van der Waals surface area contributed by atoms with Crippen molar-refractivity contribution in [3.63, 3.8) is 0 Å². The number of hydrogen-bond donors (Lipinski definition) is 0. The van der Waals surface area contributed by atoms with Gasteiger partial charge in [-0.05, 0) is 36.3 Å². The van der Waals surface area contributed by atoms with E-state index >= 15 is 0 Å². The van der Waals surface area contributed by atoms with Gasteiger partial charge in [-0.1, -0.05) is 67.6 Å². The molecule has 1 heteroatoms. The summed E-state index contributed by atoms with van der Waals surface area (Å²) in [6.07, 6.45) is 4.07. The number of hydrogen-bond acceptors (Lipinski definition) is 1. The van der Waals surface area contributed by atoms with E-state index in [0.29, 0.717) is 0 Å². The molecular weight excluding hydrogens is 254 g/mol. The van der Waals surface area contributed by atoms with Crippen LogP contribution in [0.5, 0.6) is 0 Å². The van der Waals surface area contributed by atoms with E-state index in [4.69, 9.17) is 0 Å². The zero-order valence-electron chi connectivity index (χ0n) is 12.9. The lowest BCUT2D eigenvalue weighted by molar-refractivity contribution is 0.177. The van der Waals surface area contributed by atoms with Crippen molar-refractivity contribution >= 4 is 0 Å². The molecule has 0 unspecified atom stereocenters. The molecule has 2 aromatic carbocycles. The zero-order chi connectivity index (χ0) is 14.5. The maximum absolute atomic E-state index is 2.67. The molecule has 21 heavy (non-hydrogen) atoms. The summed E-state index contributed by atoms with van der Waals surface area (Å²) in [5, 5.41) is 0.